The van der Waals surface area contributed by atoms with Crippen LogP contribution in [0.15, 0.2) is 18.3 Å². The van der Waals surface area contributed by atoms with Crippen molar-refractivity contribution in [3.05, 3.63) is 29.6 Å². The van der Waals surface area contributed by atoms with E-state index in [1.165, 1.54) is 12.8 Å². The van der Waals surface area contributed by atoms with Crippen molar-refractivity contribution in [2.24, 2.45) is 5.92 Å². The Hall–Kier alpha value is -0.890. The molecule has 2 rings (SSSR count). The van der Waals surface area contributed by atoms with E-state index in [0.717, 1.165) is 11.3 Å². The van der Waals surface area contributed by atoms with Gasteiger partial charge >= 0.3 is 0 Å². The third-order valence-corrected chi connectivity index (χ3v) is 2.33. The molecule has 0 aliphatic heterocycles. The van der Waals surface area contributed by atoms with Gasteiger partial charge in [-0.15, -0.1) is 0 Å². The van der Waals surface area contributed by atoms with Crippen LogP contribution in [-0.4, -0.2) is 10.1 Å². The van der Waals surface area contributed by atoms with Crippen molar-refractivity contribution in [1.82, 2.24) is 4.98 Å². The lowest BCUT2D eigenvalue weighted by molar-refractivity contribution is 0.153. The zero-order valence-electron chi connectivity index (χ0n) is 7.20. The zero-order valence-corrected chi connectivity index (χ0v) is 7.20. The molecular weight excluding hydrogens is 150 g/mol. The molecule has 2 nitrogen and oxygen atoms in total. The summed E-state index contributed by atoms with van der Waals surface area (Å²) in [6.45, 7) is 1.95. The van der Waals surface area contributed by atoms with Gasteiger partial charge in [0.2, 0.25) is 0 Å². The normalized spacial score (nSPS) is 19.2. The first-order valence-corrected chi connectivity index (χ1v) is 4.38. The number of hydrogen-bond donors (Lipinski definition) is 1. The number of nitrogens with zero attached hydrogens (tertiary/aromatic N) is 1. The molecule has 1 aliphatic rings. The minimum atomic E-state index is -0.258. The van der Waals surface area contributed by atoms with E-state index in [1.54, 1.807) is 6.20 Å². The van der Waals surface area contributed by atoms with E-state index < -0.39 is 0 Å². The lowest BCUT2D eigenvalue weighted by Gasteiger charge is -2.08. The van der Waals surface area contributed by atoms with Gasteiger partial charge < -0.3 is 5.11 Å². The number of aliphatic hydroxyl groups excluding tert-OH is 1. The highest BCUT2D eigenvalue weighted by Gasteiger charge is 2.30. The van der Waals surface area contributed by atoms with Gasteiger partial charge in [0.25, 0.3) is 0 Å². The highest BCUT2D eigenvalue weighted by atomic mass is 16.3. The van der Waals surface area contributed by atoms with Crippen molar-refractivity contribution in [3.8, 4) is 0 Å². The van der Waals surface area contributed by atoms with Gasteiger partial charge in [0.1, 0.15) is 0 Å². The fraction of sp³-hybridized carbons (Fsp3) is 0.500. The van der Waals surface area contributed by atoms with Crippen LogP contribution in [0.1, 0.15) is 30.2 Å². The Morgan fingerprint density at radius 1 is 1.58 bits per heavy atom. The number of aryl methyl sites for hydroxylation is 1. The Kier molecular flexibility index (Phi) is 1.85. The van der Waals surface area contributed by atoms with Crippen LogP contribution in [-0.2, 0) is 0 Å². The van der Waals surface area contributed by atoms with Gasteiger partial charge in [0.05, 0.1) is 6.10 Å². The van der Waals surface area contributed by atoms with E-state index in [2.05, 4.69) is 4.98 Å². The quantitative estimate of drug-likeness (QED) is 0.721. The van der Waals surface area contributed by atoms with E-state index in [1.807, 2.05) is 19.1 Å². The van der Waals surface area contributed by atoms with Crippen LogP contribution >= 0.6 is 0 Å². The van der Waals surface area contributed by atoms with Crippen molar-refractivity contribution in [2.75, 3.05) is 0 Å². The summed E-state index contributed by atoms with van der Waals surface area (Å²) in [7, 11) is 0. The summed E-state index contributed by atoms with van der Waals surface area (Å²) in [6, 6.07) is 3.86. The third kappa shape index (κ3) is 1.48. The first kappa shape index (κ1) is 7.74. The van der Waals surface area contributed by atoms with E-state index in [0.29, 0.717) is 5.92 Å². The van der Waals surface area contributed by atoms with Crippen LogP contribution in [0.4, 0.5) is 0 Å². The average Bonchev–Trinajstić information content (AvgIpc) is 2.85. The molecule has 1 heterocycles. The van der Waals surface area contributed by atoms with Crippen LogP contribution < -0.4 is 0 Å². The molecule has 1 aromatic rings. The topological polar surface area (TPSA) is 33.1 Å². The molecule has 1 aliphatic carbocycles. The van der Waals surface area contributed by atoms with Gasteiger partial charge in [0, 0.05) is 11.9 Å². The Morgan fingerprint density at radius 2 is 2.33 bits per heavy atom. The smallest absolute Gasteiger partial charge is 0.0819 e. The van der Waals surface area contributed by atoms with Crippen LogP contribution in [0, 0.1) is 12.8 Å². The van der Waals surface area contributed by atoms with Gasteiger partial charge in [-0.3, -0.25) is 4.98 Å². The predicted octanol–water partition coefficient (Wildman–Crippen LogP) is 1.83. The first-order chi connectivity index (χ1) is 5.77. The van der Waals surface area contributed by atoms with E-state index in [4.69, 9.17) is 0 Å². The molecule has 12 heavy (non-hydrogen) atoms. The summed E-state index contributed by atoms with van der Waals surface area (Å²) < 4.78 is 0. The highest BCUT2D eigenvalue weighted by Crippen LogP contribution is 2.40. The van der Waals surface area contributed by atoms with Gasteiger partial charge in [-0.1, -0.05) is 0 Å². The van der Waals surface area contributed by atoms with E-state index in [-0.39, 0.29) is 6.10 Å². The number of pyridine rings is 1. The van der Waals surface area contributed by atoms with E-state index >= 15 is 0 Å². The Morgan fingerprint density at radius 3 is 2.92 bits per heavy atom. The molecule has 1 unspecified atom stereocenters. The molecule has 1 N–H and O–H groups in total. The summed E-state index contributed by atoms with van der Waals surface area (Å²) in [6.07, 6.45) is 3.84. The number of aliphatic hydroxyl groups is 1. The largest absolute Gasteiger partial charge is 0.388 e. The van der Waals surface area contributed by atoms with Gasteiger partial charge in [-0.25, -0.2) is 0 Å². The fourth-order valence-electron chi connectivity index (χ4n) is 1.44. The second-order valence-electron chi connectivity index (χ2n) is 3.51. The van der Waals surface area contributed by atoms with Gasteiger partial charge in [-0.05, 0) is 43.4 Å². The Labute approximate surface area is 72.3 Å². The maximum Gasteiger partial charge on any atom is 0.0819 e. The molecule has 0 radical (unpaired) electrons. The fourth-order valence-corrected chi connectivity index (χ4v) is 1.44. The minimum Gasteiger partial charge on any atom is -0.388 e. The molecular formula is C10H13NO. The highest BCUT2D eigenvalue weighted by molar-refractivity contribution is 5.19. The average molecular weight is 163 g/mol. The van der Waals surface area contributed by atoms with Gasteiger partial charge in [-0.2, -0.15) is 0 Å². The molecule has 64 valence electrons. The molecule has 1 aromatic heterocycles. The minimum absolute atomic E-state index is 0.258. The number of aromatic nitrogens is 1. The Bertz CT molecular complexity index is 281. The molecule has 0 amide bonds. The molecule has 0 saturated heterocycles. The Balaban J connectivity index is 2.20. The monoisotopic (exact) mass is 163 g/mol. The van der Waals surface area contributed by atoms with Crippen LogP contribution in [0.3, 0.4) is 0 Å². The molecule has 1 saturated carbocycles. The number of rotatable bonds is 2. The maximum absolute atomic E-state index is 9.76. The summed E-state index contributed by atoms with van der Waals surface area (Å²) in [5.41, 5.74) is 2.00. The lowest BCUT2D eigenvalue weighted by Crippen LogP contribution is -1.99. The van der Waals surface area contributed by atoms with Crippen LogP contribution in [0.25, 0.3) is 0 Å². The predicted molar refractivity (Wildman–Crippen MR) is 46.7 cm³/mol. The molecule has 1 atom stereocenters. The third-order valence-electron chi connectivity index (χ3n) is 2.33. The summed E-state index contributed by atoms with van der Waals surface area (Å²) in [5, 5.41) is 9.76. The van der Waals surface area contributed by atoms with Crippen LogP contribution in [0.5, 0.6) is 0 Å². The SMILES string of the molecule is Cc1cc(C(O)C2CC2)ccn1. The molecule has 0 spiro atoms. The van der Waals surface area contributed by atoms with Crippen molar-refractivity contribution >= 4 is 0 Å². The molecule has 0 aromatic carbocycles. The molecule has 0 bridgehead atoms. The molecule has 1 fully saturated rings. The number of hydrogen-bond acceptors (Lipinski definition) is 2. The standard InChI is InChI=1S/C10H13NO/c1-7-6-9(4-5-11-7)10(12)8-2-3-8/h4-6,8,10,12H,2-3H2,1H3. The van der Waals surface area contributed by atoms with Crippen molar-refractivity contribution in [1.29, 1.82) is 0 Å². The van der Waals surface area contributed by atoms with Crippen molar-refractivity contribution in [3.63, 3.8) is 0 Å². The summed E-state index contributed by atoms with van der Waals surface area (Å²) >= 11 is 0. The van der Waals surface area contributed by atoms with E-state index in [9.17, 15) is 5.11 Å². The van der Waals surface area contributed by atoms with Crippen LogP contribution in [0.2, 0.25) is 0 Å². The second kappa shape index (κ2) is 2.87. The maximum atomic E-state index is 9.76. The first-order valence-electron chi connectivity index (χ1n) is 4.38. The second-order valence-corrected chi connectivity index (χ2v) is 3.51. The van der Waals surface area contributed by atoms with Crippen molar-refractivity contribution < 1.29 is 5.11 Å². The molecule has 2 heteroatoms. The summed E-state index contributed by atoms with van der Waals surface area (Å²) in [4.78, 5) is 4.09. The van der Waals surface area contributed by atoms with Gasteiger partial charge in [0.15, 0.2) is 0 Å². The lowest BCUT2D eigenvalue weighted by atomic mass is 10.1. The zero-order chi connectivity index (χ0) is 8.55. The van der Waals surface area contributed by atoms with Crippen molar-refractivity contribution in [2.45, 2.75) is 25.9 Å². The summed E-state index contributed by atoms with van der Waals surface area (Å²) in [5.74, 6) is 0.506.